The summed E-state index contributed by atoms with van der Waals surface area (Å²) in [5, 5.41) is 4.78. The van der Waals surface area contributed by atoms with Gasteiger partial charge in [-0.15, -0.1) is 0 Å². The van der Waals surface area contributed by atoms with Crippen molar-refractivity contribution >= 4 is 0 Å². The first-order chi connectivity index (χ1) is 13.9. The van der Waals surface area contributed by atoms with Crippen molar-refractivity contribution in [3.8, 4) is 11.5 Å². The smallest absolute Gasteiger partial charge is 0.127 e. The third kappa shape index (κ3) is 5.11. The molecule has 3 rings (SSSR count). The van der Waals surface area contributed by atoms with E-state index in [1.54, 1.807) is 14.2 Å². The summed E-state index contributed by atoms with van der Waals surface area (Å²) in [6, 6.07) is 6.40. The number of aryl methyl sites for hydroxylation is 1. The van der Waals surface area contributed by atoms with E-state index < -0.39 is 0 Å². The summed E-state index contributed by atoms with van der Waals surface area (Å²) < 4.78 is 19.1. The van der Waals surface area contributed by atoms with Gasteiger partial charge in [-0.3, -0.25) is 9.58 Å². The molecule has 2 aromatic rings. The van der Waals surface area contributed by atoms with Gasteiger partial charge in [0.15, 0.2) is 0 Å². The first kappa shape index (κ1) is 21.7. The lowest BCUT2D eigenvalue weighted by Crippen LogP contribution is -2.32. The molecule has 1 aliphatic rings. The highest BCUT2D eigenvalue weighted by Gasteiger charge is 2.23. The molecule has 0 saturated carbocycles. The highest BCUT2D eigenvalue weighted by Crippen LogP contribution is 2.28. The Morgan fingerprint density at radius 1 is 1.21 bits per heavy atom. The third-order valence-electron chi connectivity index (χ3n) is 5.72. The van der Waals surface area contributed by atoms with E-state index in [4.69, 9.17) is 19.3 Å². The van der Waals surface area contributed by atoms with Gasteiger partial charge in [0.25, 0.3) is 0 Å². The van der Waals surface area contributed by atoms with Gasteiger partial charge in [0.05, 0.1) is 26.0 Å². The van der Waals surface area contributed by atoms with Gasteiger partial charge in [0.2, 0.25) is 0 Å². The maximum atomic E-state index is 5.94. The molecule has 0 unspecified atom stereocenters. The fraction of sp³-hybridized carbons (Fsp3) is 0.609. The van der Waals surface area contributed by atoms with Crippen molar-refractivity contribution < 1.29 is 14.2 Å². The molecule has 1 atom stereocenters. The fourth-order valence-electron chi connectivity index (χ4n) is 4.14. The van der Waals surface area contributed by atoms with Crippen LogP contribution in [0.25, 0.3) is 0 Å². The van der Waals surface area contributed by atoms with Crippen molar-refractivity contribution in [3.63, 3.8) is 0 Å². The van der Waals surface area contributed by atoms with Crippen molar-refractivity contribution in [2.45, 2.75) is 65.8 Å². The molecule has 0 spiro atoms. The van der Waals surface area contributed by atoms with Crippen molar-refractivity contribution in [2.75, 3.05) is 27.4 Å². The lowest BCUT2D eigenvalue weighted by molar-refractivity contribution is 0.0674. The molecule has 160 valence electrons. The SMILES string of the molecule is COc1ccc(CN(Cc2c(C)nn(C(C)C)c2C)C[C@@H]2CCCO2)c(OC)c1. The van der Waals surface area contributed by atoms with E-state index >= 15 is 0 Å². The molecule has 29 heavy (non-hydrogen) atoms. The van der Waals surface area contributed by atoms with Crippen LogP contribution in [0.1, 0.15) is 55.2 Å². The average molecular weight is 402 g/mol. The van der Waals surface area contributed by atoms with Crippen LogP contribution in [0.4, 0.5) is 0 Å². The minimum atomic E-state index is 0.292. The molecule has 1 aromatic carbocycles. The zero-order valence-electron chi connectivity index (χ0n) is 18.7. The molecule has 0 N–H and O–H groups in total. The molecule has 6 nitrogen and oxygen atoms in total. The van der Waals surface area contributed by atoms with E-state index in [9.17, 15) is 0 Å². The van der Waals surface area contributed by atoms with Crippen LogP contribution in [0.3, 0.4) is 0 Å². The highest BCUT2D eigenvalue weighted by molar-refractivity contribution is 5.40. The molecule has 6 heteroatoms. The summed E-state index contributed by atoms with van der Waals surface area (Å²) in [4.78, 5) is 2.46. The van der Waals surface area contributed by atoms with Gasteiger partial charge in [-0.05, 0) is 46.6 Å². The predicted molar refractivity (Wildman–Crippen MR) is 115 cm³/mol. The second-order valence-corrected chi connectivity index (χ2v) is 8.17. The molecule has 1 saturated heterocycles. The Kier molecular flexibility index (Phi) is 7.19. The number of aromatic nitrogens is 2. The van der Waals surface area contributed by atoms with Crippen LogP contribution >= 0.6 is 0 Å². The molecular formula is C23H35N3O3. The molecule has 1 aromatic heterocycles. The van der Waals surface area contributed by atoms with Gasteiger partial charge >= 0.3 is 0 Å². The Balaban J connectivity index is 1.85. The maximum Gasteiger partial charge on any atom is 0.127 e. The summed E-state index contributed by atoms with van der Waals surface area (Å²) in [6.07, 6.45) is 2.56. The van der Waals surface area contributed by atoms with Crippen LogP contribution in [-0.2, 0) is 17.8 Å². The molecule has 0 radical (unpaired) electrons. The third-order valence-corrected chi connectivity index (χ3v) is 5.72. The fourth-order valence-corrected chi connectivity index (χ4v) is 4.14. The Morgan fingerprint density at radius 3 is 2.59 bits per heavy atom. The number of rotatable bonds is 9. The number of hydrogen-bond acceptors (Lipinski definition) is 5. The summed E-state index contributed by atoms with van der Waals surface area (Å²) in [5.74, 6) is 1.66. The van der Waals surface area contributed by atoms with Crippen molar-refractivity contribution in [1.82, 2.24) is 14.7 Å². The normalized spacial score (nSPS) is 16.8. The van der Waals surface area contributed by atoms with Gasteiger partial charge in [0.1, 0.15) is 11.5 Å². The summed E-state index contributed by atoms with van der Waals surface area (Å²) in [6.45, 7) is 12.0. The van der Waals surface area contributed by atoms with Crippen LogP contribution < -0.4 is 9.47 Å². The van der Waals surface area contributed by atoms with Gasteiger partial charge in [0, 0.05) is 55.2 Å². The van der Waals surface area contributed by atoms with Gasteiger partial charge < -0.3 is 14.2 Å². The number of ether oxygens (including phenoxy) is 3. The number of benzene rings is 1. The summed E-state index contributed by atoms with van der Waals surface area (Å²) >= 11 is 0. The Morgan fingerprint density at radius 2 is 2.00 bits per heavy atom. The minimum Gasteiger partial charge on any atom is -0.497 e. The highest BCUT2D eigenvalue weighted by atomic mass is 16.5. The molecule has 1 aliphatic heterocycles. The second-order valence-electron chi connectivity index (χ2n) is 8.17. The predicted octanol–water partition coefficient (Wildman–Crippen LogP) is 4.28. The standard InChI is InChI=1S/C23H35N3O3/c1-16(2)26-18(4)22(17(3)24-26)15-25(14-21-8-7-11-29-21)13-19-9-10-20(27-5)12-23(19)28-6/h9-10,12,16,21H,7-8,11,13-15H2,1-6H3/t21-/m0/s1. The minimum absolute atomic E-state index is 0.292. The van der Waals surface area contributed by atoms with Crippen LogP contribution in [-0.4, -0.2) is 48.2 Å². The zero-order chi connectivity index (χ0) is 21.0. The van der Waals surface area contributed by atoms with Crippen molar-refractivity contribution in [1.29, 1.82) is 0 Å². The number of hydrogen-bond donors (Lipinski definition) is 0. The van der Waals surface area contributed by atoms with Crippen molar-refractivity contribution in [2.24, 2.45) is 0 Å². The van der Waals surface area contributed by atoms with Crippen molar-refractivity contribution in [3.05, 3.63) is 40.7 Å². The molecule has 1 fully saturated rings. The monoisotopic (exact) mass is 401 g/mol. The largest absolute Gasteiger partial charge is 0.497 e. The Bertz CT molecular complexity index is 810. The van der Waals surface area contributed by atoms with Gasteiger partial charge in [-0.2, -0.15) is 5.10 Å². The van der Waals surface area contributed by atoms with E-state index in [0.29, 0.717) is 12.1 Å². The lowest BCUT2D eigenvalue weighted by Gasteiger charge is -2.26. The lowest BCUT2D eigenvalue weighted by atomic mass is 10.1. The number of nitrogens with zero attached hydrogens (tertiary/aromatic N) is 3. The van der Waals surface area contributed by atoms with E-state index in [1.165, 1.54) is 11.3 Å². The van der Waals surface area contributed by atoms with E-state index in [2.05, 4.69) is 43.3 Å². The zero-order valence-corrected chi connectivity index (χ0v) is 18.7. The molecule has 0 bridgehead atoms. The number of methoxy groups -OCH3 is 2. The van der Waals surface area contributed by atoms with Crippen LogP contribution in [0.5, 0.6) is 11.5 Å². The first-order valence-corrected chi connectivity index (χ1v) is 10.5. The maximum absolute atomic E-state index is 5.94. The topological polar surface area (TPSA) is 48.8 Å². The van der Waals surface area contributed by atoms with Crippen LogP contribution in [0, 0.1) is 13.8 Å². The Hall–Kier alpha value is -2.05. The van der Waals surface area contributed by atoms with Gasteiger partial charge in [-0.25, -0.2) is 0 Å². The molecular weight excluding hydrogens is 366 g/mol. The average Bonchev–Trinajstić information content (AvgIpc) is 3.31. The Labute approximate surface area is 174 Å². The van der Waals surface area contributed by atoms with E-state index in [0.717, 1.165) is 61.8 Å². The molecule has 2 heterocycles. The van der Waals surface area contributed by atoms with E-state index in [1.807, 2.05) is 12.1 Å². The molecule has 0 aliphatic carbocycles. The van der Waals surface area contributed by atoms with Crippen LogP contribution in [0.15, 0.2) is 18.2 Å². The summed E-state index contributed by atoms with van der Waals surface area (Å²) in [7, 11) is 3.39. The van der Waals surface area contributed by atoms with Crippen LogP contribution in [0.2, 0.25) is 0 Å². The second kappa shape index (κ2) is 9.63. The molecule has 0 amide bonds. The van der Waals surface area contributed by atoms with Gasteiger partial charge in [-0.1, -0.05) is 6.07 Å². The summed E-state index contributed by atoms with van der Waals surface area (Å²) in [5.41, 5.74) is 4.81. The first-order valence-electron chi connectivity index (χ1n) is 10.5. The van der Waals surface area contributed by atoms with E-state index in [-0.39, 0.29) is 0 Å². The quantitative estimate of drug-likeness (QED) is 0.628.